The van der Waals surface area contributed by atoms with Crippen LogP contribution in [0.2, 0.25) is 0 Å². The molecule has 24 heavy (non-hydrogen) atoms. The molecule has 5 N–H and O–H groups in total. The van der Waals surface area contributed by atoms with Gasteiger partial charge in [-0.1, -0.05) is 32.0 Å². The number of aliphatic hydroxyl groups is 1. The number of carbonyl (C=O) groups excluding carboxylic acids is 2. The average Bonchev–Trinajstić information content (AvgIpc) is 2.55. The summed E-state index contributed by atoms with van der Waals surface area (Å²) < 4.78 is 5.39. The Morgan fingerprint density at radius 3 is 2.54 bits per heavy atom. The Kier molecular flexibility index (Phi) is 10.8. The van der Waals surface area contributed by atoms with Crippen LogP contribution < -0.4 is 21.1 Å². The van der Waals surface area contributed by atoms with E-state index >= 15 is 0 Å². The Morgan fingerprint density at radius 1 is 1.25 bits per heavy atom. The monoisotopic (exact) mass is 359 g/mol. The van der Waals surface area contributed by atoms with Gasteiger partial charge in [-0.25, -0.2) is 0 Å². The van der Waals surface area contributed by atoms with Crippen molar-refractivity contribution < 1.29 is 19.4 Å². The molecule has 0 heterocycles. The molecule has 0 aromatic heterocycles. The van der Waals surface area contributed by atoms with Crippen molar-refractivity contribution in [2.75, 3.05) is 19.8 Å². The van der Waals surface area contributed by atoms with E-state index < -0.39 is 6.04 Å². The number of para-hydroxylation sites is 1. The largest absolute Gasteiger partial charge is 0.491 e. The molecule has 136 valence electrons. The number of benzene rings is 1. The Labute approximate surface area is 148 Å². The van der Waals surface area contributed by atoms with E-state index in [-0.39, 0.29) is 56.4 Å². The van der Waals surface area contributed by atoms with Crippen LogP contribution >= 0.6 is 12.4 Å². The van der Waals surface area contributed by atoms with Crippen LogP contribution in [-0.2, 0) is 16.1 Å². The smallest absolute Gasteiger partial charge is 0.239 e. The number of hydrogen-bond acceptors (Lipinski definition) is 5. The second kappa shape index (κ2) is 11.7. The first kappa shape index (κ1) is 22.2. The highest BCUT2D eigenvalue weighted by molar-refractivity contribution is 5.87. The predicted molar refractivity (Wildman–Crippen MR) is 93.9 cm³/mol. The molecule has 0 saturated heterocycles. The second-order valence-electron chi connectivity index (χ2n) is 5.44. The van der Waals surface area contributed by atoms with Crippen LogP contribution in [0.15, 0.2) is 24.3 Å². The molecule has 0 fully saturated rings. The van der Waals surface area contributed by atoms with Gasteiger partial charge in [0.1, 0.15) is 12.4 Å². The number of hydrogen-bond donors (Lipinski definition) is 4. The number of carbonyl (C=O) groups is 2. The summed E-state index contributed by atoms with van der Waals surface area (Å²) in [6, 6.07) is 6.60. The number of ether oxygens (including phenoxy) is 1. The van der Waals surface area contributed by atoms with Gasteiger partial charge in [0.2, 0.25) is 11.8 Å². The molecule has 1 aromatic carbocycles. The zero-order valence-corrected chi connectivity index (χ0v) is 14.8. The zero-order chi connectivity index (χ0) is 17.2. The van der Waals surface area contributed by atoms with E-state index in [0.717, 1.165) is 5.56 Å². The zero-order valence-electron chi connectivity index (χ0n) is 14.0. The number of amides is 2. The van der Waals surface area contributed by atoms with Crippen LogP contribution in [0.5, 0.6) is 5.75 Å². The molecule has 8 heteroatoms. The fourth-order valence-electron chi connectivity index (χ4n) is 1.79. The number of rotatable bonds is 9. The first-order valence-corrected chi connectivity index (χ1v) is 7.57. The minimum absolute atomic E-state index is 0. The Morgan fingerprint density at radius 2 is 1.92 bits per heavy atom. The predicted octanol–water partition coefficient (Wildman–Crippen LogP) is 0.195. The van der Waals surface area contributed by atoms with Gasteiger partial charge in [0.05, 0.1) is 19.2 Å². The summed E-state index contributed by atoms with van der Waals surface area (Å²) in [6.45, 7) is 3.93. The van der Waals surface area contributed by atoms with E-state index in [1.807, 2.05) is 32.0 Å². The maximum absolute atomic E-state index is 11.8. The molecule has 0 bridgehead atoms. The summed E-state index contributed by atoms with van der Waals surface area (Å²) in [4.78, 5) is 23.5. The van der Waals surface area contributed by atoms with Gasteiger partial charge in [-0.05, 0) is 12.0 Å². The maximum atomic E-state index is 11.8. The van der Waals surface area contributed by atoms with Crippen LogP contribution in [0, 0.1) is 5.92 Å². The molecule has 0 aliphatic rings. The molecule has 0 spiro atoms. The minimum atomic E-state index is -0.629. The maximum Gasteiger partial charge on any atom is 0.239 e. The van der Waals surface area contributed by atoms with E-state index in [1.54, 1.807) is 6.07 Å². The van der Waals surface area contributed by atoms with Gasteiger partial charge in [0.15, 0.2) is 0 Å². The lowest BCUT2D eigenvalue weighted by atomic mass is 10.1. The van der Waals surface area contributed by atoms with Crippen molar-refractivity contribution in [2.24, 2.45) is 11.7 Å². The number of aliphatic hydroxyl groups excluding tert-OH is 1. The fraction of sp³-hybridized carbons (Fsp3) is 0.500. The molecule has 2 amide bonds. The SMILES string of the molecule is CC(C)[C@H](N)C(=O)NCC(=O)NCc1ccccc1OCCO.Cl. The molecule has 0 unspecified atom stereocenters. The molecule has 0 radical (unpaired) electrons. The standard InChI is InChI=1S/C16H25N3O4.ClH/c1-11(2)15(17)16(22)19-10-14(21)18-9-12-5-3-4-6-13(12)23-8-7-20;/h3-6,11,15,20H,7-10,17H2,1-2H3,(H,18,21)(H,19,22);1H/t15-;/m0./s1. The van der Waals surface area contributed by atoms with Crippen LogP contribution in [0.25, 0.3) is 0 Å². The van der Waals surface area contributed by atoms with Crippen LogP contribution in [0.1, 0.15) is 19.4 Å². The van der Waals surface area contributed by atoms with Gasteiger partial charge in [-0.2, -0.15) is 0 Å². The molecular weight excluding hydrogens is 334 g/mol. The quantitative estimate of drug-likeness (QED) is 0.503. The number of halogens is 1. The van der Waals surface area contributed by atoms with Gasteiger partial charge < -0.3 is 26.2 Å². The van der Waals surface area contributed by atoms with Gasteiger partial charge >= 0.3 is 0 Å². The van der Waals surface area contributed by atoms with E-state index in [0.29, 0.717) is 5.75 Å². The lowest BCUT2D eigenvalue weighted by molar-refractivity contribution is -0.127. The van der Waals surface area contributed by atoms with Gasteiger partial charge in [0.25, 0.3) is 0 Å². The molecule has 0 saturated carbocycles. The third-order valence-electron chi connectivity index (χ3n) is 3.24. The van der Waals surface area contributed by atoms with Crippen LogP contribution in [0.3, 0.4) is 0 Å². The van der Waals surface area contributed by atoms with Crippen molar-refractivity contribution in [3.63, 3.8) is 0 Å². The molecular formula is C16H26ClN3O4. The minimum Gasteiger partial charge on any atom is -0.491 e. The Hall–Kier alpha value is -1.83. The summed E-state index contributed by atoms with van der Waals surface area (Å²) in [5.41, 5.74) is 6.49. The molecule has 1 atom stereocenters. The average molecular weight is 360 g/mol. The fourth-order valence-corrected chi connectivity index (χ4v) is 1.79. The first-order chi connectivity index (χ1) is 11.0. The van der Waals surface area contributed by atoms with E-state index in [9.17, 15) is 9.59 Å². The summed E-state index contributed by atoms with van der Waals surface area (Å²) in [5, 5.41) is 14.0. The summed E-state index contributed by atoms with van der Waals surface area (Å²) in [7, 11) is 0. The van der Waals surface area contributed by atoms with Crippen molar-refractivity contribution in [3.05, 3.63) is 29.8 Å². The van der Waals surface area contributed by atoms with Crippen molar-refractivity contribution in [1.82, 2.24) is 10.6 Å². The van der Waals surface area contributed by atoms with Crippen LogP contribution in [-0.4, -0.2) is 42.7 Å². The molecule has 7 nitrogen and oxygen atoms in total. The lowest BCUT2D eigenvalue weighted by Crippen LogP contribution is -2.47. The van der Waals surface area contributed by atoms with Gasteiger partial charge in [0, 0.05) is 12.1 Å². The second-order valence-corrected chi connectivity index (χ2v) is 5.44. The molecule has 1 aromatic rings. The van der Waals surface area contributed by atoms with Crippen molar-refractivity contribution in [3.8, 4) is 5.75 Å². The third-order valence-corrected chi connectivity index (χ3v) is 3.24. The number of nitrogens with one attached hydrogen (secondary N) is 2. The first-order valence-electron chi connectivity index (χ1n) is 7.57. The van der Waals surface area contributed by atoms with Crippen LogP contribution in [0.4, 0.5) is 0 Å². The molecule has 1 rings (SSSR count). The van der Waals surface area contributed by atoms with Crippen molar-refractivity contribution >= 4 is 24.2 Å². The highest BCUT2D eigenvalue weighted by atomic mass is 35.5. The number of nitrogens with two attached hydrogens (primary N) is 1. The summed E-state index contributed by atoms with van der Waals surface area (Å²) in [6.07, 6.45) is 0. The van der Waals surface area contributed by atoms with Crippen molar-refractivity contribution in [2.45, 2.75) is 26.4 Å². The third kappa shape index (κ3) is 7.63. The molecule has 0 aliphatic heterocycles. The Balaban J connectivity index is 0.00000529. The highest BCUT2D eigenvalue weighted by Crippen LogP contribution is 2.17. The lowest BCUT2D eigenvalue weighted by Gasteiger charge is -2.15. The van der Waals surface area contributed by atoms with E-state index in [1.165, 1.54) is 0 Å². The summed E-state index contributed by atoms with van der Waals surface area (Å²) >= 11 is 0. The normalized spacial score (nSPS) is 11.4. The topological polar surface area (TPSA) is 114 Å². The Bertz CT molecular complexity index is 526. The van der Waals surface area contributed by atoms with E-state index in [4.69, 9.17) is 15.6 Å². The summed E-state index contributed by atoms with van der Waals surface area (Å²) in [5.74, 6) is -0.0468. The van der Waals surface area contributed by atoms with E-state index in [2.05, 4.69) is 10.6 Å². The molecule has 0 aliphatic carbocycles. The van der Waals surface area contributed by atoms with Crippen molar-refractivity contribution in [1.29, 1.82) is 0 Å². The highest BCUT2D eigenvalue weighted by Gasteiger charge is 2.17. The van der Waals surface area contributed by atoms with Gasteiger partial charge in [-0.15, -0.1) is 12.4 Å². The van der Waals surface area contributed by atoms with Gasteiger partial charge in [-0.3, -0.25) is 9.59 Å².